The summed E-state index contributed by atoms with van der Waals surface area (Å²) in [4.78, 5) is 28.7. The first kappa shape index (κ1) is 13.7. The number of aromatic carboxylic acids is 1. The minimum absolute atomic E-state index is 0.0540. The maximum atomic E-state index is 12.2. The van der Waals surface area contributed by atoms with Crippen molar-refractivity contribution in [2.75, 3.05) is 13.1 Å². The lowest BCUT2D eigenvalue weighted by Gasteiger charge is -2.38. The van der Waals surface area contributed by atoms with E-state index in [1.807, 2.05) is 0 Å². The fourth-order valence-electron chi connectivity index (χ4n) is 2.03. The van der Waals surface area contributed by atoms with Gasteiger partial charge in [0.15, 0.2) is 5.69 Å². The zero-order valence-electron chi connectivity index (χ0n) is 10.7. The van der Waals surface area contributed by atoms with Gasteiger partial charge in [-0.3, -0.25) is 4.79 Å². The van der Waals surface area contributed by atoms with Crippen LogP contribution in [0.3, 0.4) is 0 Å². The SMILES string of the molecule is O=C(O)c1cn(C2CN(C(=O)c3cccc(Br)n3)C2)nn1. The number of carbonyl (C=O) groups excluding carboxylic acids is 1. The van der Waals surface area contributed by atoms with E-state index in [1.54, 1.807) is 23.1 Å². The molecule has 0 bridgehead atoms. The highest BCUT2D eigenvalue weighted by molar-refractivity contribution is 9.10. The summed E-state index contributed by atoms with van der Waals surface area (Å²) in [5.41, 5.74) is 0.265. The van der Waals surface area contributed by atoms with Crippen molar-refractivity contribution in [3.8, 4) is 0 Å². The van der Waals surface area contributed by atoms with Crippen molar-refractivity contribution in [3.05, 3.63) is 40.4 Å². The van der Waals surface area contributed by atoms with E-state index >= 15 is 0 Å². The second kappa shape index (κ2) is 5.24. The van der Waals surface area contributed by atoms with Gasteiger partial charge in [-0.25, -0.2) is 14.5 Å². The van der Waals surface area contributed by atoms with Crippen LogP contribution in [0.25, 0.3) is 0 Å². The van der Waals surface area contributed by atoms with Crippen LogP contribution in [-0.4, -0.2) is 55.0 Å². The topological polar surface area (TPSA) is 101 Å². The third-order valence-electron chi connectivity index (χ3n) is 3.19. The number of carboxylic acids is 1. The summed E-state index contributed by atoms with van der Waals surface area (Å²) in [7, 11) is 0. The molecule has 9 heteroatoms. The fourth-order valence-corrected chi connectivity index (χ4v) is 2.37. The number of hydrogen-bond donors (Lipinski definition) is 1. The number of aromatic nitrogens is 4. The van der Waals surface area contributed by atoms with Crippen LogP contribution in [0.4, 0.5) is 0 Å². The quantitative estimate of drug-likeness (QED) is 0.822. The molecule has 2 aromatic heterocycles. The molecule has 1 N–H and O–H groups in total. The molecular weight excluding hydrogens is 342 g/mol. The van der Waals surface area contributed by atoms with E-state index in [2.05, 4.69) is 31.2 Å². The Bertz CT molecular complexity index is 710. The molecule has 108 valence electrons. The molecule has 8 nitrogen and oxygen atoms in total. The smallest absolute Gasteiger partial charge is 0.358 e. The maximum Gasteiger partial charge on any atom is 0.358 e. The summed E-state index contributed by atoms with van der Waals surface area (Å²) < 4.78 is 2.08. The average molecular weight is 352 g/mol. The third kappa shape index (κ3) is 2.64. The summed E-state index contributed by atoms with van der Waals surface area (Å²) in [6.07, 6.45) is 1.37. The molecule has 1 aliphatic heterocycles. The molecule has 0 radical (unpaired) electrons. The van der Waals surface area contributed by atoms with Gasteiger partial charge in [-0.05, 0) is 28.1 Å². The van der Waals surface area contributed by atoms with Crippen molar-refractivity contribution in [2.45, 2.75) is 6.04 Å². The molecule has 0 saturated carbocycles. The highest BCUT2D eigenvalue weighted by Crippen LogP contribution is 2.22. The molecular formula is C12H10BrN5O3. The van der Waals surface area contributed by atoms with Crippen LogP contribution in [0.15, 0.2) is 29.0 Å². The minimum atomic E-state index is -1.12. The Morgan fingerprint density at radius 2 is 2.05 bits per heavy atom. The van der Waals surface area contributed by atoms with Gasteiger partial charge in [0.2, 0.25) is 0 Å². The number of likely N-dealkylation sites (tertiary alicyclic amines) is 1. The van der Waals surface area contributed by atoms with Crippen molar-refractivity contribution in [1.82, 2.24) is 24.9 Å². The largest absolute Gasteiger partial charge is 0.476 e. The zero-order chi connectivity index (χ0) is 15.0. The first-order valence-electron chi connectivity index (χ1n) is 6.11. The molecule has 1 fully saturated rings. The van der Waals surface area contributed by atoms with Crippen LogP contribution in [0.5, 0.6) is 0 Å². The minimum Gasteiger partial charge on any atom is -0.476 e. The zero-order valence-corrected chi connectivity index (χ0v) is 12.3. The summed E-state index contributed by atoms with van der Waals surface area (Å²) >= 11 is 3.22. The second-order valence-electron chi connectivity index (χ2n) is 4.60. The molecule has 3 heterocycles. The van der Waals surface area contributed by atoms with Gasteiger partial charge in [0.1, 0.15) is 10.3 Å². The van der Waals surface area contributed by atoms with E-state index in [0.29, 0.717) is 23.4 Å². The predicted octanol–water partition coefficient (Wildman–Crippen LogP) is 0.831. The van der Waals surface area contributed by atoms with Gasteiger partial charge in [0, 0.05) is 13.1 Å². The van der Waals surface area contributed by atoms with Crippen molar-refractivity contribution >= 4 is 27.8 Å². The summed E-state index contributed by atoms with van der Waals surface area (Å²) in [6, 6.07) is 5.09. The van der Waals surface area contributed by atoms with Gasteiger partial charge in [0.25, 0.3) is 5.91 Å². The van der Waals surface area contributed by atoms with E-state index in [-0.39, 0.29) is 17.6 Å². The van der Waals surface area contributed by atoms with Gasteiger partial charge in [-0.1, -0.05) is 11.3 Å². The molecule has 21 heavy (non-hydrogen) atoms. The number of pyridine rings is 1. The van der Waals surface area contributed by atoms with Crippen molar-refractivity contribution in [2.24, 2.45) is 0 Å². The standard InChI is InChI=1S/C12H10BrN5O3/c13-10-3-1-2-8(14-10)11(19)17-4-7(5-17)18-6-9(12(20)21)15-16-18/h1-3,6-7H,4-5H2,(H,20,21). The lowest BCUT2D eigenvalue weighted by Crippen LogP contribution is -2.51. The summed E-state index contributed by atoms with van der Waals surface area (Å²) in [6.45, 7) is 0.908. The van der Waals surface area contributed by atoms with Crippen LogP contribution < -0.4 is 0 Å². The first-order valence-corrected chi connectivity index (χ1v) is 6.91. The molecule has 3 rings (SSSR count). The summed E-state index contributed by atoms with van der Waals surface area (Å²) in [5, 5.41) is 16.1. The molecule has 0 spiro atoms. The van der Waals surface area contributed by atoms with Crippen LogP contribution in [-0.2, 0) is 0 Å². The lowest BCUT2D eigenvalue weighted by molar-refractivity contribution is 0.0491. The van der Waals surface area contributed by atoms with E-state index in [1.165, 1.54) is 10.9 Å². The van der Waals surface area contributed by atoms with Crippen LogP contribution >= 0.6 is 15.9 Å². The second-order valence-corrected chi connectivity index (χ2v) is 5.41. The molecule has 0 unspecified atom stereocenters. The molecule has 1 amide bonds. The molecule has 1 aliphatic rings. The van der Waals surface area contributed by atoms with Crippen molar-refractivity contribution < 1.29 is 14.7 Å². The Kier molecular flexibility index (Phi) is 3.42. The van der Waals surface area contributed by atoms with Gasteiger partial charge in [0.05, 0.1) is 12.2 Å². The van der Waals surface area contributed by atoms with Gasteiger partial charge < -0.3 is 10.0 Å². The Labute approximate surface area is 127 Å². The molecule has 1 saturated heterocycles. The number of halogens is 1. The predicted molar refractivity (Wildman–Crippen MR) is 73.9 cm³/mol. The number of nitrogens with zero attached hydrogens (tertiary/aromatic N) is 5. The van der Waals surface area contributed by atoms with Crippen molar-refractivity contribution in [3.63, 3.8) is 0 Å². The average Bonchev–Trinajstić information content (AvgIpc) is 2.86. The molecule has 0 aromatic carbocycles. The molecule has 0 aliphatic carbocycles. The van der Waals surface area contributed by atoms with Crippen molar-refractivity contribution in [1.29, 1.82) is 0 Å². The number of rotatable bonds is 3. The number of carbonyl (C=O) groups is 2. The summed E-state index contributed by atoms with van der Waals surface area (Å²) in [5.74, 6) is -1.28. The Morgan fingerprint density at radius 1 is 1.29 bits per heavy atom. The van der Waals surface area contributed by atoms with E-state index in [0.717, 1.165) is 0 Å². The Hall–Kier alpha value is -2.29. The van der Waals surface area contributed by atoms with E-state index in [9.17, 15) is 9.59 Å². The third-order valence-corrected chi connectivity index (χ3v) is 3.63. The fraction of sp³-hybridized carbons (Fsp3) is 0.250. The molecule has 0 atom stereocenters. The van der Waals surface area contributed by atoms with Gasteiger partial charge in [-0.15, -0.1) is 5.10 Å². The number of hydrogen-bond acceptors (Lipinski definition) is 5. The lowest BCUT2D eigenvalue weighted by atomic mass is 10.1. The molecule has 2 aromatic rings. The highest BCUT2D eigenvalue weighted by atomic mass is 79.9. The van der Waals surface area contributed by atoms with Crippen LogP contribution in [0.1, 0.15) is 27.0 Å². The Balaban J connectivity index is 1.65. The van der Waals surface area contributed by atoms with Crippen LogP contribution in [0.2, 0.25) is 0 Å². The number of carboxylic acid groups (broad SMARTS) is 1. The first-order chi connectivity index (χ1) is 10.0. The normalized spacial score (nSPS) is 14.8. The van der Waals surface area contributed by atoms with Crippen LogP contribution in [0, 0.1) is 0 Å². The van der Waals surface area contributed by atoms with E-state index in [4.69, 9.17) is 5.11 Å². The Morgan fingerprint density at radius 3 is 2.67 bits per heavy atom. The monoisotopic (exact) mass is 351 g/mol. The van der Waals surface area contributed by atoms with Gasteiger partial charge in [-0.2, -0.15) is 0 Å². The van der Waals surface area contributed by atoms with Gasteiger partial charge >= 0.3 is 5.97 Å². The number of amides is 1. The highest BCUT2D eigenvalue weighted by Gasteiger charge is 2.34. The van der Waals surface area contributed by atoms with E-state index < -0.39 is 5.97 Å². The maximum absolute atomic E-state index is 12.2.